The summed E-state index contributed by atoms with van der Waals surface area (Å²) in [6.45, 7) is 5.57. The monoisotopic (exact) mass is 415 g/mol. The van der Waals surface area contributed by atoms with E-state index in [0.29, 0.717) is 45.4 Å². The molecule has 3 aromatic heterocycles. The Labute approximate surface area is 171 Å². The Morgan fingerprint density at radius 3 is 2.76 bits per heavy atom. The van der Waals surface area contributed by atoms with Gasteiger partial charge in [-0.1, -0.05) is 11.3 Å². The van der Waals surface area contributed by atoms with Gasteiger partial charge in [-0.15, -0.1) is 0 Å². The molecule has 0 N–H and O–H groups in total. The highest BCUT2D eigenvalue weighted by Gasteiger charge is 2.37. The number of thiazole rings is 1. The Hall–Kier alpha value is -2.94. The number of carbonyl (C=O) groups is 2. The SMILES string of the molecule is CCOC(=O)c1sc(N(C(=O)Cc2nc(-c3ccco3)oc2C)C2CC2)nc1C. The molecule has 0 saturated heterocycles. The largest absolute Gasteiger partial charge is 0.462 e. The maximum absolute atomic E-state index is 13.1. The van der Waals surface area contributed by atoms with E-state index in [2.05, 4.69) is 9.97 Å². The van der Waals surface area contributed by atoms with Crippen LogP contribution in [-0.4, -0.2) is 34.5 Å². The fraction of sp³-hybridized carbons (Fsp3) is 0.400. The molecular weight excluding hydrogens is 394 g/mol. The van der Waals surface area contributed by atoms with Gasteiger partial charge in [0.1, 0.15) is 10.6 Å². The molecule has 0 bridgehead atoms. The van der Waals surface area contributed by atoms with Crippen molar-refractivity contribution in [1.29, 1.82) is 0 Å². The highest BCUT2D eigenvalue weighted by atomic mass is 32.1. The zero-order valence-corrected chi connectivity index (χ0v) is 17.2. The second-order valence-electron chi connectivity index (χ2n) is 6.80. The van der Waals surface area contributed by atoms with E-state index in [1.165, 1.54) is 11.3 Å². The van der Waals surface area contributed by atoms with Gasteiger partial charge in [0.2, 0.25) is 5.91 Å². The van der Waals surface area contributed by atoms with Gasteiger partial charge in [-0.2, -0.15) is 0 Å². The second kappa shape index (κ2) is 7.82. The number of aryl methyl sites for hydroxylation is 2. The van der Waals surface area contributed by atoms with Gasteiger partial charge in [-0.25, -0.2) is 14.8 Å². The Morgan fingerprint density at radius 2 is 2.10 bits per heavy atom. The molecule has 9 heteroatoms. The van der Waals surface area contributed by atoms with Crippen LogP contribution < -0.4 is 4.90 Å². The van der Waals surface area contributed by atoms with E-state index >= 15 is 0 Å². The van der Waals surface area contributed by atoms with Gasteiger partial charge in [0.25, 0.3) is 5.89 Å². The summed E-state index contributed by atoms with van der Waals surface area (Å²) in [5, 5.41) is 0.519. The Balaban J connectivity index is 1.57. The molecule has 152 valence electrons. The van der Waals surface area contributed by atoms with Crippen LogP contribution in [-0.2, 0) is 16.0 Å². The average Bonchev–Trinajstić information content (AvgIpc) is 3.05. The first-order chi connectivity index (χ1) is 14.0. The molecular formula is C20H21N3O5S. The molecule has 1 saturated carbocycles. The number of anilines is 1. The molecule has 1 amide bonds. The molecule has 3 aromatic rings. The lowest BCUT2D eigenvalue weighted by atomic mass is 10.2. The quantitative estimate of drug-likeness (QED) is 0.539. The van der Waals surface area contributed by atoms with Crippen LogP contribution in [0.15, 0.2) is 27.2 Å². The van der Waals surface area contributed by atoms with Crippen LogP contribution in [0.2, 0.25) is 0 Å². The molecule has 8 nitrogen and oxygen atoms in total. The van der Waals surface area contributed by atoms with Crippen molar-refractivity contribution in [2.45, 2.75) is 46.1 Å². The highest BCUT2D eigenvalue weighted by Crippen LogP contribution is 2.36. The van der Waals surface area contributed by atoms with Crippen LogP contribution in [0.3, 0.4) is 0 Å². The summed E-state index contributed by atoms with van der Waals surface area (Å²) >= 11 is 1.19. The molecule has 0 aromatic carbocycles. The zero-order valence-electron chi connectivity index (χ0n) is 16.4. The number of nitrogens with zero attached hydrogens (tertiary/aromatic N) is 3. The summed E-state index contributed by atoms with van der Waals surface area (Å²) < 4.78 is 16.1. The minimum atomic E-state index is -0.410. The molecule has 29 heavy (non-hydrogen) atoms. The van der Waals surface area contributed by atoms with E-state index in [0.717, 1.165) is 12.8 Å². The summed E-state index contributed by atoms with van der Waals surface area (Å²) in [5.74, 6) is 0.901. The van der Waals surface area contributed by atoms with Crippen LogP contribution in [0.1, 0.15) is 46.6 Å². The third-order valence-corrected chi connectivity index (χ3v) is 5.71. The minimum absolute atomic E-state index is 0.0832. The number of aromatic nitrogens is 2. The van der Waals surface area contributed by atoms with E-state index in [1.54, 1.807) is 44.1 Å². The van der Waals surface area contributed by atoms with Gasteiger partial charge in [0, 0.05) is 6.04 Å². The molecule has 4 rings (SSSR count). The van der Waals surface area contributed by atoms with Crippen LogP contribution in [0, 0.1) is 13.8 Å². The maximum atomic E-state index is 13.1. The number of ether oxygens (including phenoxy) is 1. The van der Waals surface area contributed by atoms with Crippen molar-refractivity contribution in [3.63, 3.8) is 0 Å². The van der Waals surface area contributed by atoms with Crippen molar-refractivity contribution >= 4 is 28.3 Å². The van der Waals surface area contributed by atoms with Gasteiger partial charge in [-0.3, -0.25) is 9.69 Å². The maximum Gasteiger partial charge on any atom is 0.350 e. The predicted octanol–water partition coefficient (Wildman–Crippen LogP) is 3.92. The number of carbonyl (C=O) groups excluding carboxylic acids is 2. The smallest absolute Gasteiger partial charge is 0.350 e. The van der Waals surface area contributed by atoms with Gasteiger partial charge >= 0.3 is 5.97 Å². The number of oxazole rings is 1. The molecule has 1 aliphatic rings. The number of furan rings is 1. The normalized spacial score (nSPS) is 13.5. The lowest BCUT2D eigenvalue weighted by Crippen LogP contribution is -2.34. The fourth-order valence-corrected chi connectivity index (χ4v) is 4.05. The van der Waals surface area contributed by atoms with Crippen molar-refractivity contribution in [1.82, 2.24) is 9.97 Å². The molecule has 0 radical (unpaired) electrons. The summed E-state index contributed by atoms with van der Waals surface area (Å²) in [6.07, 6.45) is 3.45. The number of rotatable bonds is 7. The predicted molar refractivity (Wildman–Crippen MR) is 106 cm³/mol. The van der Waals surface area contributed by atoms with Crippen molar-refractivity contribution in [3.05, 3.63) is 40.4 Å². The lowest BCUT2D eigenvalue weighted by Gasteiger charge is -2.18. The van der Waals surface area contributed by atoms with Gasteiger partial charge < -0.3 is 13.6 Å². The molecule has 0 atom stereocenters. The third kappa shape index (κ3) is 3.95. The Morgan fingerprint density at radius 1 is 1.31 bits per heavy atom. The first kappa shape index (κ1) is 19.4. The molecule has 0 spiro atoms. The topological polar surface area (TPSA) is 98.7 Å². The third-order valence-electron chi connectivity index (χ3n) is 4.58. The van der Waals surface area contributed by atoms with Crippen LogP contribution in [0.4, 0.5) is 5.13 Å². The van der Waals surface area contributed by atoms with Crippen molar-refractivity contribution in [2.24, 2.45) is 0 Å². The summed E-state index contributed by atoms with van der Waals surface area (Å²) in [5.41, 5.74) is 1.13. The second-order valence-corrected chi connectivity index (χ2v) is 7.78. The summed E-state index contributed by atoms with van der Waals surface area (Å²) in [7, 11) is 0. The Bertz CT molecular complexity index is 1030. The van der Waals surface area contributed by atoms with Crippen molar-refractivity contribution in [2.75, 3.05) is 11.5 Å². The molecule has 0 aliphatic heterocycles. The fourth-order valence-electron chi connectivity index (χ4n) is 3.00. The first-order valence-corrected chi connectivity index (χ1v) is 10.3. The van der Waals surface area contributed by atoms with Crippen molar-refractivity contribution < 1.29 is 23.2 Å². The summed E-state index contributed by atoms with van der Waals surface area (Å²) in [6, 6.07) is 3.60. The molecule has 3 heterocycles. The van der Waals surface area contributed by atoms with E-state index in [-0.39, 0.29) is 18.4 Å². The first-order valence-electron chi connectivity index (χ1n) is 9.44. The van der Waals surface area contributed by atoms with Gasteiger partial charge in [-0.05, 0) is 45.7 Å². The van der Waals surface area contributed by atoms with E-state index in [9.17, 15) is 9.59 Å². The van der Waals surface area contributed by atoms with Gasteiger partial charge in [0.15, 0.2) is 10.9 Å². The Kier molecular flexibility index (Phi) is 5.23. The standard InChI is InChI=1S/C20H21N3O5S/c1-4-26-19(25)17-11(2)21-20(29-17)23(13-7-8-13)16(24)10-14-12(3)28-18(22-14)15-6-5-9-27-15/h5-6,9,13H,4,7-8,10H2,1-3H3. The summed E-state index contributed by atoms with van der Waals surface area (Å²) in [4.78, 5) is 36.3. The molecule has 1 aliphatic carbocycles. The van der Waals surface area contributed by atoms with Crippen LogP contribution in [0.25, 0.3) is 11.7 Å². The lowest BCUT2D eigenvalue weighted by molar-refractivity contribution is -0.118. The van der Waals surface area contributed by atoms with Crippen molar-refractivity contribution in [3.8, 4) is 11.7 Å². The van der Waals surface area contributed by atoms with E-state index in [1.807, 2.05) is 0 Å². The van der Waals surface area contributed by atoms with E-state index in [4.69, 9.17) is 13.6 Å². The number of amides is 1. The van der Waals surface area contributed by atoms with Crippen LogP contribution in [0.5, 0.6) is 0 Å². The number of esters is 1. The number of hydrogen-bond acceptors (Lipinski definition) is 8. The highest BCUT2D eigenvalue weighted by molar-refractivity contribution is 7.17. The number of hydrogen-bond donors (Lipinski definition) is 0. The minimum Gasteiger partial charge on any atom is -0.462 e. The zero-order chi connectivity index (χ0) is 20.5. The molecule has 0 unspecified atom stereocenters. The average molecular weight is 415 g/mol. The molecule has 1 fully saturated rings. The van der Waals surface area contributed by atoms with E-state index < -0.39 is 5.97 Å². The van der Waals surface area contributed by atoms with Crippen LogP contribution >= 0.6 is 11.3 Å². The van der Waals surface area contributed by atoms with Gasteiger partial charge in [0.05, 0.1) is 30.7 Å².